The van der Waals surface area contributed by atoms with Gasteiger partial charge in [-0.05, 0) is 32.3 Å². The van der Waals surface area contributed by atoms with E-state index in [0.29, 0.717) is 4.99 Å². The van der Waals surface area contributed by atoms with Crippen molar-refractivity contribution in [2.45, 2.75) is 0 Å². The van der Waals surface area contributed by atoms with E-state index in [2.05, 4.69) is 26.1 Å². The summed E-state index contributed by atoms with van der Waals surface area (Å²) in [6.07, 6.45) is 0. The van der Waals surface area contributed by atoms with Gasteiger partial charge in [0.15, 0.2) is 0 Å². The minimum Gasteiger partial charge on any atom is -0.389 e. The number of nitrogens with two attached hydrogens (primary N) is 1. The van der Waals surface area contributed by atoms with Crippen molar-refractivity contribution in [3.05, 3.63) is 28.2 Å². The lowest BCUT2D eigenvalue weighted by Crippen LogP contribution is -2.22. The van der Waals surface area contributed by atoms with Gasteiger partial charge in [0.25, 0.3) is 0 Å². The van der Waals surface area contributed by atoms with Gasteiger partial charge >= 0.3 is 0 Å². The van der Waals surface area contributed by atoms with Gasteiger partial charge < -0.3 is 16.0 Å². The first-order valence-electron chi connectivity index (χ1n) is 4.98. The fourth-order valence-electron chi connectivity index (χ4n) is 1.29. The van der Waals surface area contributed by atoms with E-state index in [4.69, 9.17) is 18.0 Å². The second-order valence-electron chi connectivity index (χ2n) is 3.78. The molecule has 0 saturated heterocycles. The first-order valence-corrected chi connectivity index (χ1v) is 6.19. The van der Waals surface area contributed by atoms with Gasteiger partial charge in [-0.25, -0.2) is 0 Å². The molecular weight excluding hydrogens is 286 g/mol. The molecule has 0 aliphatic rings. The van der Waals surface area contributed by atoms with Crippen LogP contribution in [0.1, 0.15) is 5.56 Å². The SMILES string of the molecule is CN(C)CCNc1cc(Br)ccc1C(N)=S. The third-order valence-corrected chi connectivity index (χ3v) is 2.83. The molecule has 0 aliphatic carbocycles. The Kier molecular flexibility index (Phi) is 5.18. The van der Waals surface area contributed by atoms with Gasteiger partial charge in [0, 0.05) is 28.8 Å². The molecule has 0 unspecified atom stereocenters. The predicted molar refractivity (Wildman–Crippen MR) is 77.1 cm³/mol. The van der Waals surface area contributed by atoms with Crippen LogP contribution in [-0.4, -0.2) is 37.1 Å². The van der Waals surface area contributed by atoms with Crippen LogP contribution in [0.15, 0.2) is 22.7 Å². The van der Waals surface area contributed by atoms with Gasteiger partial charge in [0.1, 0.15) is 4.99 Å². The summed E-state index contributed by atoms with van der Waals surface area (Å²) in [7, 11) is 4.08. The second kappa shape index (κ2) is 6.18. The maximum absolute atomic E-state index is 5.66. The van der Waals surface area contributed by atoms with Crippen LogP contribution < -0.4 is 11.1 Å². The van der Waals surface area contributed by atoms with Crippen LogP contribution in [-0.2, 0) is 0 Å². The molecule has 3 nitrogen and oxygen atoms in total. The number of hydrogen-bond acceptors (Lipinski definition) is 3. The Bertz CT molecular complexity index is 379. The highest BCUT2D eigenvalue weighted by Crippen LogP contribution is 2.21. The van der Waals surface area contributed by atoms with Gasteiger partial charge in [-0.3, -0.25) is 0 Å². The molecule has 1 aromatic carbocycles. The van der Waals surface area contributed by atoms with Gasteiger partial charge in [-0.2, -0.15) is 0 Å². The van der Waals surface area contributed by atoms with Crippen LogP contribution in [0.5, 0.6) is 0 Å². The molecule has 0 saturated carbocycles. The Labute approximate surface area is 110 Å². The highest BCUT2D eigenvalue weighted by molar-refractivity contribution is 9.10. The Morgan fingerprint density at radius 1 is 1.50 bits per heavy atom. The Morgan fingerprint density at radius 3 is 2.75 bits per heavy atom. The van der Waals surface area contributed by atoms with Crippen LogP contribution in [0, 0.1) is 0 Å². The van der Waals surface area contributed by atoms with E-state index in [0.717, 1.165) is 28.8 Å². The zero-order valence-electron chi connectivity index (χ0n) is 9.46. The summed E-state index contributed by atoms with van der Waals surface area (Å²) in [6, 6.07) is 5.85. The molecule has 5 heteroatoms. The molecule has 3 N–H and O–H groups in total. The maximum atomic E-state index is 5.66. The zero-order valence-corrected chi connectivity index (χ0v) is 11.9. The molecule has 0 amide bonds. The molecule has 0 aliphatic heterocycles. The fourth-order valence-corrected chi connectivity index (χ4v) is 1.83. The van der Waals surface area contributed by atoms with E-state index in [-0.39, 0.29) is 0 Å². The molecule has 0 atom stereocenters. The summed E-state index contributed by atoms with van der Waals surface area (Å²) >= 11 is 8.44. The first kappa shape index (κ1) is 13.4. The fraction of sp³-hybridized carbons (Fsp3) is 0.364. The zero-order chi connectivity index (χ0) is 12.1. The largest absolute Gasteiger partial charge is 0.389 e. The van der Waals surface area contributed by atoms with E-state index >= 15 is 0 Å². The second-order valence-corrected chi connectivity index (χ2v) is 5.14. The summed E-state index contributed by atoms with van der Waals surface area (Å²) < 4.78 is 1.01. The molecule has 0 radical (unpaired) electrons. The Balaban J connectivity index is 2.76. The average Bonchev–Trinajstić information content (AvgIpc) is 2.16. The number of benzene rings is 1. The van der Waals surface area contributed by atoms with Gasteiger partial charge in [0.2, 0.25) is 0 Å². The van der Waals surface area contributed by atoms with Crippen molar-refractivity contribution in [3.63, 3.8) is 0 Å². The lowest BCUT2D eigenvalue weighted by Gasteiger charge is -2.14. The number of rotatable bonds is 5. The number of likely N-dealkylation sites (N-methyl/N-ethyl adjacent to an activating group) is 1. The summed E-state index contributed by atoms with van der Waals surface area (Å²) in [5, 5.41) is 3.33. The van der Waals surface area contributed by atoms with Crippen LogP contribution in [0.4, 0.5) is 5.69 Å². The molecule has 1 aromatic rings. The number of hydrogen-bond donors (Lipinski definition) is 2. The monoisotopic (exact) mass is 301 g/mol. The average molecular weight is 302 g/mol. The van der Waals surface area contributed by atoms with Crippen LogP contribution in [0.3, 0.4) is 0 Å². The molecule has 0 spiro atoms. The van der Waals surface area contributed by atoms with E-state index < -0.39 is 0 Å². The van der Waals surface area contributed by atoms with E-state index in [1.54, 1.807) is 0 Å². The molecule has 16 heavy (non-hydrogen) atoms. The minimum atomic E-state index is 0.417. The third kappa shape index (κ3) is 4.08. The number of thiocarbonyl (C=S) groups is 1. The normalized spacial score (nSPS) is 10.5. The van der Waals surface area contributed by atoms with Crippen molar-refractivity contribution in [1.29, 1.82) is 0 Å². The van der Waals surface area contributed by atoms with Crippen molar-refractivity contribution in [3.8, 4) is 0 Å². The quantitative estimate of drug-likeness (QED) is 0.817. The van der Waals surface area contributed by atoms with Crippen molar-refractivity contribution >= 4 is 38.8 Å². The van der Waals surface area contributed by atoms with Crippen LogP contribution in [0.25, 0.3) is 0 Å². The number of halogens is 1. The smallest absolute Gasteiger partial charge is 0.106 e. The van der Waals surface area contributed by atoms with Crippen molar-refractivity contribution < 1.29 is 0 Å². The van der Waals surface area contributed by atoms with Gasteiger partial charge in [0.05, 0.1) is 0 Å². The topological polar surface area (TPSA) is 41.3 Å². The molecule has 1 rings (SSSR count). The summed E-state index contributed by atoms with van der Waals surface area (Å²) in [5.41, 5.74) is 7.52. The van der Waals surface area contributed by atoms with Gasteiger partial charge in [-0.15, -0.1) is 0 Å². The number of nitrogens with one attached hydrogen (secondary N) is 1. The molecule has 0 fully saturated rings. The standard InChI is InChI=1S/C11H16BrN3S/c1-15(2)6-5-14-10-7-8(12)3-4-9(10)11(13)16/h3-4,7,14H,5-6H2,1-2H3,(H2,13,16). The molecule has 0 heterocycles. The lowest BCUT2D eigenvalue weighted by molar-refractivity contribution is 0.425. The van der Waals surface area contributed by atoms with Crippen LogP contribution >= 0.6 is 28.1 Å². The number of anilines is 1. The van der Waals surface area contributed by atoms with Gasteiger partial charge in [-0.1, -0.05) is 28.1 Å². The third-order valence-electron chi connectivity index (χ3n) is 2.12. The van der Waals surface area contributed by atoms with Crippen molar-refractivity contribution in [2.24, 2.45) is 5.73 Å². The lowest BCUT2D eigenvalue weighted by atomic mass is 10.2. The molecule has 88 valence electrons. The first-order chi connectivity index (χ1) is 7.50. The Hall–Kier alpha value is -0.650. The highest BCUT2D eigenvalue weighted by atomic mass is 79.9. The van der Waals surface area contributed by atoms with E-state index in [9.17, 15) is 0 Å². The maximum Gasteiger partial charge on any atom is 0.106 e. The van der Waals surface area contributed by atoms with Crippen molar-refractivity contribution in [1.82, 2.24) is 4.90 Å². The number of nitrogens with zero attached hydrogens (tertiary/aromatic N) is 1. The highest BCUT2D eigenvalue weighted by Gasteiger charge is 2.05. The summed E-state index contributed by atoms with van der Waals surface area (Å²) in [6.45, 7) is 1.82. The molecule has 0 aromatic heterocycles. The van der Waals surface area contributed by atoms with E-state index in [1.165, 1.54) is 0 Å². The Morgan fingerprint density at radius 2 is 2.19 bits per heavy atom. The van der Waals surface area contributed by atoms with Crippen molar-refractivity contribution in [2.75, 3.05) is 32.5 Å². The molecule has 0 bridgehead atoms. The van der Waals surface area contributed by atoms with Crippen LogP contribution in [0.2, 0.25) is 0 Å². The molecular formula is C11H16BrN3S. The predicted octanol–water partition coefficient (Wildman–Crippen LogP) is 2.06. The summed E-state index contributed by atoms with van der Waals surface area (Å²) in [5.74, 6) is 0. The summed E-state index contributed by atoms with van der Waals surface area (Å²) in [4.78, 5) is 2.53. The van der Waals surface area contributed by atoms with E-state index in [1.807, 2.05) is 32.3 Å². The minimum absolute atomic E-state index is 0.417.